The van der Waals surface area contributed by atoms with Crippen LogP contribution in [-0.4, -0.2) is 29.3 Å². The Morgan fingerprint density at radius 1 is 1.31 bits per heavy atom. The van der Waals surface area contributed by atoms with Gasteiger partial charge in [-0.25, -0.2) is 0 Å². The molecule has 1 unspecified atom stereocenters. The molecule has 0 radical (unpaired) electrons. The van der Waals surface area contributed by atoms with E-state index in [1.807, 2.05) is 31.6 Å². The lowest BCUT2D eigenvalue weighted by Gasteiger charge is -2.22. The lowest BCUT2D eigenvalue weighted by atomic mass is 10.1. The molecule has 0 aliphatic carbocycles. The molecule has 2 N–H and O–H groups in total. The Balaban J connectivity index is 2.68. The van der Waals surface area contributed by atoms with Crippen LogP contribution in [0.4, 0.5) is 0 Å². The predicted octanol–water partition coefficient (Wildman–Crippen LogP) is 1.30. The molecule has 1 rings (SSSR count). The fraction of sp³-hybridized carbons (Fsp3) is 0.727. The molecule has 1 aromatic heterocycles. The first-order chi connectivity index (χ1) is 7.72. The first-order valence-corrected chi connectivity index (χ1v) is 5.74. The van der Waals surface area contributed by atoms with Gasteiger partial charge >= 0.3 is 0 Å². The normalized spacial score (nSPS) is 13.3. The van der Waals surface area contributed by atoms with Crippen LogP contribution in [-0.2, 0) is 16.0 Å². The maximum atomic E-state index is 6.08. The number of ether oxygens (including phenoxy) is 2. The molecule has 1 heterocycles. The molecule has 0 aliphatic rings. The SMILES string of the molecule is CCOC(OCC)C(N)c1cnn(CC)c1. The van der Waals surface area contributed by atoms with Crippen LogP contribution in [0.15, 0.2) is 12.4 Å². The highest BCUT2D eigenvalue weighted by molar-refractivity contribution is 5.10. The Hall–Kier alpha value is -0.910. The van der Waals surface area contributed by atoms with Crippen LogP contribution >= 0.6 is 0 Å². The molecule has 5 heteroatoms. The minimum atomic E-state index is -0.399. The Morgan fingerprint density at radius 2 is 1.94 bits per heavy atom. The summed E-state index contributed by atoms with van der Waals surface area (Å²) in [5.41, 5.74) is 7.01. The van der Waals surface area contributed by atoms with Crippen LogP contribution in [0.1, 0.15) is 32.4 Å². The van der Waals surface area contributed by atoms with Crippen molar-refractivity contribution >= 4 is 0 Å². The van der Waals surface area contributed by atoms with E-state index in [-0.39, 0.29) is 6.04 Å². The van der Waals surface area contributed by atoms with Gasteiger partial charge < -0.3 is 15.2 Å². The maximum Gasteiger partial charge on any atom is 0.176 e. The van der Waals surface area contributed by atoms with E-state index in [0.717, 1.165) is 12.1 Å². The average molecular weight is 227 g/mol. The largest absolute Gasteiger partial charge is 0.351 e. The van der Waals surface area contributed by atoms with E-state index in [4.69, 9.17) is 15.2 Å². The lowest BCUT2D eigenvalue weighted by molar-refractivity contribution is -0.149. The zero-order chi connectivity index (χ0) is 12.0. The van der Waals surface area contributed by atoms with Gasteiger partial charge in [-0.05, 0) is 20.8 Å². The van der Waals surface area contributed by atoms with Gasteiger partial charge in [0.25, 0.3) is 0 Å². The van der Waals surface area contributed by atoms with Crippen molar-refractivity contribution in [3.05, 3.63) is 18.0 Å². The molecule has 5 nitrogen and oxygen atoms in total. The molecule has 1 atom stereocenters. The molecular weight excluding hydrogens is 206 g/mol. The quantitative estimate of drug-likeness (QED) is 0.713. The first kappa shape index (κ1) is 13.2. The number of nitrogens with zero attached hydrogens (tertiary/aromatic N) is 2. The van der Waals surface area contributed by atoms with E-state index >= 15 is 0 Å². The van der Waals surface area contributed by atoms with Crippen molar-refractivity contribution in [3.8, 4) is 0 Å². The van der Waals surface area contributed by atoms with Crippen molar-refractivity contribution in [1.82, 2.24) is 9.78 Å². The fourth-order valence-electron chi connectivity index (χ4n) is 1.47. The zero-order valence-electron chi connectivity index (χ0n) is 10.2. The summed E-state index contributed by atoms with van der Waals surface area (Å²) in [4.78, 5) is 0. The molecule has 0 fully saturated rings. The lowest BCUT2D eigenvalue weighted by Crippen LogP contribution is -2.31. The average Bonchev–Trinajstić information content (AvgIpc) is 2.76. The Bertz CT molecular complexity index is 295. The smallest absolute Gasteiger partial charge is 0.176 e. The second kappa shape index (κ2) is 6.62. The molecule has 0 bridgehead atoms. The van der Waals surface area contributed by atoms with Crippen LogP contribution < -0.4 is 5.73 Å². The number of hydrogen-bond acceptors (Lipinski definition) is 4. The van der Waals surface area contributed by atoms with E-state index in [2.05, 4.69) is 5.10 Å². The van der Waals surface area contributed by atoms with Crippen LogP contribution in [0.2, 0.25) is 0 Å². The Morgan fingerprint density at radius 3 is 2.38 bits per heavy atom. The maximum absolute atomic E-state index is 6.08. The van der Waals surface area contributed by atoms with Crippen molar-refractivity contribution < 1.29 is 9.47 Å². The number of rotatable bonds is 7. The third-order valence-electron chi connectivity index (χ3n) is 2.32. The van der Waals surface area contributed by atoms with E-state index < -0.39 is 6.29 Å². The van der Waals surface area contributed by atoms with Crippen LogP contribution in [0.5, 0.6) is 0 Å². The number of nitrogens with two attached hydrogens (primary N) is 1. The van der Waals surface area contributed by atoms with Crippen LogP contribution in [0.25, 0.3) is 0 Å². The van der Waals surface area contributed by atoms with Gasteiger partial charge in [0.05, 0.1) is 12.2 Å². The van der Waals surface area contributed by atoms with E-state index in [0.29, 0.717) is 13.2 Å². The van der Waals surface area contributed by atoms with Gasteiger partial charge in [-0.2, -0.15) is 5.10 Å². The molecule has 0 aliphatic heterocycles. The highest BCUT2D eigenvalue weighted by Crippen LogP contribution is 2.17. The molecule has 0 aromatic carbocycles. The summed E-state index contributed by atoms with van der Waals surface area (Å²) in [5, 5.41) is 4.18. The van der Waals surface area contributed by atoms with E-state index in [9.17, 15) is 0 Å². The molecule has 0 saturated heterocycles. The topological polar surface area (TPSA) is 62.3 Å². The summed E-state index contributed by atoms with van der Waals surface area (Å²) in [6.45, 7) is 7.88. The molecule has 0 saturated carbocycles. The monoisotopic (exact) mass is 227 g/mol. The minimum Gasteiger partial charge on any atom is -0.351 e. The highest BCUT2D eigenvalue weighted by Gasteiger charge is 2.21. The molecule has 0 amide bonds. The third-order valence-corrected chi connectivity index (χ3v) is 2.32. The second-order valence-corrected chi connectivity index (χ2v) is 3.43. The summed E-state index contributed by atoms with van der Waals surface area (Å²) in [6, 6.07) is -0.291. The van der Waals surface area contributed by atoms with Gasteiger partial charge in [0.15, 0.2) is 6.29 Å². The summed E-state index contributed by atoms with van der Waals surface area (Å²) < 4.78 is 12.8. The molecule has 92 valence electrons. The fourth-order valence-corrected chi connectivity index (χ4v) is 1.47. The van der Waals surface area contributed by atoms with Gasteiger partial charge in [0, 0.05) is 31.5 Å². The Kier molecular flexibility index (Phi) is 5.45. The summed E-state index contributed by atoms with van der Waals surface area (Å²) in [7, 11) is 0. The molecule has 0 spiro atoms. The third kappa shape index (κ3) is 3.30. The zero-order valence-corrected chi connectivity index (χ0v) is 10.2. The van der Waals surface area contributed by atoms with Gasteiger partial charge in [0.2, 0.25) is 0 Å². The molecule has 16 heavy (non-hydrogen) atoms. The first-order valence-electron chi connectivity index (χ1n) is 5.74. The predicted molar refractivity (Wildman–Crippen MR) is 61.9 cm³/mol. The second-order valence-electron chi connectivity index (χ2n) is 3.43. The van der Waals surface area contributed by atoms with E-state index in [1.54, 1.807) is 6.20 Å². The molecular formula is C11H21N3O2. The van der Waals surface area contributed by atoms with Gasteiger partial charge in [-0.15, -0.1) is 0 Å². The minimum absolute atomic E-state index is 0.291. The summed E-state index contributed by atoms with van der Waals surface area (Å²) in [5.74, 6) is 0. The van der Waals surface area contributed by atoms with Crippen LogP contribution in [0, 0.1) is 0 Å². The number of aryl methyl sites for hydroxylation is 1. The van der Waals surface area contributed by atoms with Gasteiger partial charge in [-0.1, -0.05) is 0 Å². The number of aromatic nitrogens is 2. The van der Waals surface area contributed by atoms with Crippen molar-refractivity contribution in [2.45, 2.75) is 39.6 Å². The van der Waals surface area contributed by atoms with Crippen molar-refractivity contribution in [2.24, 2.45) is 5.73 Å². The van der Waals surface area contributed by atoms with Crippen molar-refractivity contribution in [1.29, 1.82) is 0 Å². The van der Waals surface area contributed by atoms with Crippen molar-refractivity contribution in [3.63, 3.8) is 0 Å². The highest BCUT2D eigenvalue weighted by atomic mass is 16.7. The standard InChI is InChI=1S/C11H21N3O2/c1-4-14-8-9(7-13-14)10(12)11(15-5-2)16-6-3/h7-8,10-11H,4-6,12H2,1-3H3. The van der Waals surface area contributed by atoms with E-state index in [1.165, 1.54) is 0 Å². The van der Waals surface area contributed by atoms with Crippen LogP contribution in [0.3, 0.4) is 0 Å². The van der Waals surface area contributed by atoms with Gasteiger partial charge in [0.1, 0.15) is 0 Å². The summed E-state index contributed by atoms with van der Waals surface area (Å²) in [6.07, 6.45) is 3.29. The summed E-state index contributed by atoms with van der Waals surface area (Å²) >= 11 is 0. The number of hydrogen-bond donors (Lipinski definition) is 1. The van der Waals surface area contributed by atoms with Crippen molar-refractivity contribution in [2.75, 3.05) is 13.2 Å². The Labute approximate surface area is 96.5 Å². The molecule has 1 aromatic rings. The van der Waals surface area contributed by atoms with Gasteiger partial charge in [-0.3, -0.25) is 4.68 Å².